The van der Waals surface area contributed by atoms with Crippen molar-refractivity contribution in [2.75, 3.05) is 19.6 Å². The highest BCUT2D eigenvalue weighted by atomic mass is 16.2. The molecule has 0 N–H and O–H groups in total. The molecule has 1 aromatic rings. The second kappa shape index (κ2) is 7.97. The minimum absolute atomic E-state index is 0.338. The van der Waals surface area contributed by atoms with Crippen molar-refractivity contribution < 1.29 is 9.59 Å². The molecule has 1 heterocycles. The first-order valence-corrected chi connectivity index (χ1v) is 8.32. The number of hydrogen-bond donors (Lipinski definition) is 0. The summed E-state index contributed by atoms with van der Waals surface area (Å²) in [5.41, 5.74) is 2.45. The first-order valence-electron chi connectivity index (χ1n) is 8.32. The number of benzene rings is 1. The second-order valence-electron chi connectivity index (χ2n) is 5.89. The Balaban J connectivity index is 2.02. The third kappa shape index (κ3) is 3.87. The van der Waals surface area contributed by atoms with Crippen LogP contribution < -0.4 is 0 Å². The fraction of sp³-hybridized carbons (Fsp3) is 0.556. The molecule has 22 heavy (non-hydrogen) atoms. The predicted octanol–water partition coefficient (Wildman–Crippen LogP) is 2.61. The molecule has 4 nitrogen and oxygen atoms in total. The van der Waals surface area contributed by atoms with E-state index >= 15 is 0 Å². The number of amides is 2. The van der Waals surface area contributed by atoms with Gasteiger partial charge in [0, 0.05) is 26.2 Å². The Morgan fingerprint density at radius 3 is 2.50 bits per heavy atom. The molecule has 0 aromatic heterocycles. The van der Waals surface area contributed by atoms with Crippen LogP contribution in [0.3, 0.4) is 0 Å². The van der Waals surface area contributed by atoms with Crippen LogP contribution in [0.15, 0.2) is 24.3 Å². The van der Waals surface area contributed by atoms with Crippen molar-refractivity contribution in [1.82, 2.24) is 9.80 Å². The van der Waals surface area contributed by atoms with E-state index in [0.717, 1.165) is 31.2 Å². The molecular weight excluding hydrogens is 276 g/mol. The van der Waals surface area contributed by atoms with Crippen LogP contribution in [0.25, 0.3) is 0 Å². The van der Waals surface area contributed by atoms with Crippen molar-refractivity contribution >= 4 is 11.8 Å². The normalized spacial score (nSPS) is 13.6. The van der Waals surface area contributed by atoms with Gasteiger partial charge in [-0.25, -0.2) is 0 Å². The minimum Gasteiger partial charge on any atom is -0.334 e. The number of carbonyl (C=O) groups excluding carboxylic acids is 2. The van der Waals surface area contributed by atoms with Gasteiger partial charge in [-0.15, -0.1) is 0 Å². The summed E-state index contributed by atoms with van der Waals surface area (Å²) in [5, 5.41) is 0. The Morgan fingerprint density at radius 1 is 1.09 bits per heavy atom. The topological polar surface area (TPSA) is 40.6 Å². The lowest BCUT2D eigenvalue weighted by Crippen LogP contribution is -2.47. The summed E-state index contributed by atoms with van der Waals surface area (Å²) in [6, 6.07) is 8.15. The first-order chi connectivity index (χ1) is 10.7. The zero-order valence-electron chi connectivity index (χ0n) is 13.7. The van der Waals surface area contributed by atoms with Gasteiger partial charge < -0.3 is 9.80 Å². The summed E-state index contributed by atoms with van der Waals surface area (Å²) < 4.78 is 0. The van der Waals surface area contributed by atoms with E-state index in [1.54, 1.807) is 9.80 Å². The molecule has 4 heteroatoms. The Bertz CT molecular complexity index is 528. The van der Waals surface area contributed by atoms with Crippen LogP contribution in [-0.2, 0) is 22.6 Å². The summed E-state index contributed by atoms with van der Waals surface area (Å²) in [6.07, 6.45) is 3.68. The number of unbranched alkanes of at least 4 members (excludes halogenated alkanes) is 1. The number of rotatable bonds is 5. The molecule has 2 rings (SSSR count). The molecule has 2 amide bonds. The third-order valence-electron chi connectivity index (χ3n) is 4.16. The summed E-state index contributed by atoms with van der Waals surface area (Å²) in [7, 11) is 0. The summed E-state index contributed by atoms with van der Waals surface area (Å²) in [4.78, 5) is 28.4. The van der Waals surface area contributed by atoms with Gasteiger partial charge in [0.25, 0.3) is 0 Å². The predicted molar refractivity (Wildman–Crippen MR) is 87.3 cm³/mol. The summed E-state index contributed by atoms with van der Waals surface area (Å²) in [5.74, 6) is -0.686. The van der Waals surface area contributed by atoms with Gasteiger partial charge in [0.05, 0.1) is 0 Å². The summed E-state index contributed by atoms with van der Waals surface area (Å²) in [6.45, 7) is 6.66. The van der Waals surface area contributed by atoms with E-state index in [0.29, 0.717) is 26.2 Å². The molecule has 1 aromatic carbocycles. The first kappa shape index (κ1) is 16.5. The van der Waals surface area contributed by atoms with Crippen molar-refractivity contribution in [3.05, 3.63) is 35.4 Å². The van der Waals surface area contributed by atoms with E-state index in [-0.39, 0.29) is 11.8 Å². The van der Waals surface area contributed by atoms with Gasteiger partial charge in [0.2, 0.25) is 0 Å². The lowest BCUT2D eigenvalue weighted by molar-refractivity contribution is -0.152. The van der Waals surface area contributed by atoms with E-state index < -0.39 is 0 Å². The average Bonchev–Trinajstić information content (AvgIpc) is 2.56. The minimum atomic E-state index is -0.348. The molecule has 0 saturated carbocycles. The molecule has 120 valence electrons. The van der Waals surface area contributed by atoms with Crippen molar-refractivity contribution in [2.45, 2.75) is 46.1 Å². The fourth-order valence-electron chi connectivity index (χ4n) is 2.87. The SMILES string of the molecule is CCCCN(CCC)C(=O)C(=O)N1CCc2ccccc2C1. The Morgan fingerprint density at radius 2 is 1.82 bits per heavy atom. The van der Waals surface area contributed by atoms with Gasteiger partial charge in [-0.3, -0.25) is 9.59 Å². The lowest BCUT2D eigenvalue weighted by atomic mass is 10.00. The molecule has 0 aliphatic carbocycles. The maximum Gasteiger partial charge on any atom is 0.312 e. The largest absolute Gasteiger partial charge is 0.334 e. The third-order valence-corrected chi connectivity index (χ3v) is 4.16. The van der Waals surface area contributed by atoms with Crippen LogP contribution in [0.5, 0.6) is 0 Å². The summed E-state index contributed by atoms with van der Waals surface area (Å²) >= 11 is 0. The highest BCUT2D eigenvalue weighted by molar-refractivity contribution is 6.34. The molecule has 0 spiro atoms. The fourth-order valence-corrected chi connectivity index (χ4v) is 2.87. The van der Waals surface area contributed by atoms with Crippen molar-refractivity contribution in [3.63, 3.8) is 0 Å². The molecule has 0 fully saturated rings. The van der Waals surface area contributed by atoms with E-state index in [9.17, 15) is 9.59 Å². The highest BCUT2D eigenvalue weighted by Crippen LogP contribution is 2.19. The molecular formula is C18H26N2O2. The van der Waals surface area contributed by atoms with Crippen LogP contribution in [0, 0.1) is 0 Å². The second-order valence-corrected chi connectivity index (χ2v) is 5.89. The maximum atomic E-state index is 12.5. The Hall–Kier alpha value is -1.84. The number of hydrogen-bond acceptors (Lipinski definition) is 2. The Kier molecular flexibility index (Phi) is 5.99. The monoisotopic (exact) mass is 302 g/mol. The van der Waals surface area contributed by atoms with E-state index in [1.807, 2.05) is 25.1 Å². The molecule has 1 aliphatic heterocycles. The van der Waals surface area contributed by atoms with Gasteiger partial charge >= 0.3 is 11.8 Å². The molecule has 0 saturated heterocycles. The zero-order valence-corrected chi connectivity index (χ0v) is 13.7. The van der Waals surface area contributed by atoms with Crippen LogP contribution >= 0.6 is 0 Å². The number of carbonyl (C=O) groups is 2. The lowest BCUT2D eigenvalue weighted by Gasteiger charge is -2.30. The molecule has 0 unspecified atom stereocenters. The zero-order chi connectivity index (χ0) is 15.9. The van der Waals surface area contributed by atoms with Gasteiger partial charge in [-0.2, -0.15) is 0 Å². The number of nitrogens with zero attached hydrogens (tertiary/aromatic N) is 2. The molecule has 0 radical (unpaired) electrons. The smallest absolute Gasteiger partial charge is 0.312 e. The average molecular weight is 302 g/mol. The highest BCUT2D eigenvalue weighted by Gasteiger charge is 2.28. The van der Waals surface area contributed by atoms with Crippen LogP contribution in [0.1, 0.15) is 44.2 Å². The maximum absolute atomic E-state index is 12.5. The van der Waals surface area contributed by atoms with Crippen molar-refractivity contribution in [2.24, 2.45) is 0 Å². The van der Waals surface area contributed by atoms with Crippen LogP contribution in [-0.4, -0.2) is 41.2 Å². The Labute approximate surface area is 133 Å². The van der Waals surface area contributed by atoms with Gasteiger partial charge in [0.15, 0.2) is 0 Å². The molecule has 1 aliphatic rings. The number of fused-ring (bicyclic) bond motifs is 1. The van der Waals surface area contributed by atoms with Crippen LogP contribution in [0.4, 0.5) is 0 Å². The molecule has 0 bridgehead atoms. The van der Waals surface area contributed by atoms with Crippen LogP contribution in [0.2, 0.25) is 0 Å². The molecule has 0 atom stereocenters. The van der Waals surface area contributed by atoms with Gasteiger partial charge in [-0.05, 0) is 30.4 Å². The standard InChI is InChI=1S/C18H26N2O2/c1-3-5-12-19(11-4-2)17(21)18(22)20-13-10-15-8-6-7-9-16(15)14-20/h6-9H,3-5,10-14H2,1-2H3. The van der Waals surface area contributed by atoms with Crippen molar-refractivity contribution in [1.29, 1.82) is 0 Å². The van der Waals surface area contributed by atoms with Gasteiger partial charge in [-0.1, -0.05) is 44.5 Å². The van der Waals surface area contributed by atoms with E-state index in [1.165, 1.54) is 5.56 Å². The quantitative estimate of drug-likeness (QED) is 0.785. The van der Waals surface area contributed by atoms with Crippen molar-refractivity contribution in [3.8, 4) is 0 Å². The van der Waals surface area contributed by atoms with Gasteiger partial charge in [0.1, 0.15) is 0 Å². The van der Waals surface area contributed by atoms with E-state index in [2.05, 4.69) is 13.0 Å². The van der Waals surface area contributed by atoms with E-state index in [4.69, 9.17) is 0 Å².